The van der Waals surface area contributed by atoms with Gasteiger partial charge in [-0.3, -0.25) is 9.59 Å². The summed E-state index contributed by atoms with van der Waals surface area (Å²) in [7, 11) is 1.57. The second-order valence-corrected chi connectivity index (χ2v) is 6.21. The Morgan fingerprint density at radius 1 is 1.24 bits per heavy atom. The summed E-state index contributed by atoms with van der Waals surface area (Å²) in [5.41, 5.74) is 1.36. The normalized spacial score (nSPS) is 17.1. The lowest BCUT2D eigenvalue weighted by Gasteiger charge is -2.22. The van der Waals surface area contributed by atoms with Crippen LogP contribution in [0, 0.1) is 0 Å². The van der Waals surface area contributed by atoms with Gasteiger partial charge in [0, 0.05) is 25.2 Å². The molecule has 0 saturated carbocycles. The predicted molar refractivity (Wildman–Crippen MR) is 94.8 cm³/mol. The van der Waals surface area contributed by atoms with Gasteiger partial charge in [-0.05, 0) is 50.5 Å². The van der Waals surface area contributed by atoms with Crippen LogP contribution in [0.25, 0.3) is 6.08 Å². The van der Waals surface area contributed by atoms with Crippen molar-refractivity contribution in [1.82, 2.24) is 10.2 Å². The Kier molecular flexibility index (Phi) is 6.33. The van der Waals surface area contributed by atoms with Crippen molar-refractivity contribution < 1.29 is 19.1 Å². The quantitative estimate of drug-likeness (QED) is 0.655. The number of amides is 2. The third-order valence-corrected chi connectivity index (χ3v) is 3.98. The van der Waals surface area contributed by atoms with Crippen molar-refractivity contribution in [2.24, 2.45) is 0 Å². The number of carbonyl (C=O) groups excluding carboxylic acids is 3. The monoisotopic (exact) mass is 344 g/mol. The number of likely N-dealkylation sites (tertiary alicyclic amines) is 1. The van der Waals surface area contributed by atoms with Gasteiger partial charge in [-0.25, -0.2) is 4.79 Å². The lowest BCUT2D eigenvalue weighted by molar-refractivity contribution is -0.155. The molecule has 1 aliphatic heterocycles. The highest BCUT2D eigenvalue weighted by molar-refractivity contribution is 5.96. The maximum Gasteiger partial charge on any atom is 0.329 e. The maximum atomic E-state index is 12.4. The van der Waals surface area contributed by atoms with E-state index < -0.39 is 6.04 Å². The SMILES string of the molecule is CNC(=O)c1ccc(/C=C\C(=O)N2CCC[C@H]2C(=O)OC(C)C)cc1. The zero-order valence-electron chi connectivity index (χ0n) is 14.8. The van der Waals surface area contributed by atoms with Crippen LogP contribution in [0.4, 0.5) is 0 Å². The molecule has 1 aromatic carbocycles. The Morgan fingerprint density at radius 3 is 2.52 bits per heavy atom. The first kappa shape index (κ1) is 18.7. The van der Waals surface area contributed by atoms with Gasteiger partial charge in [0.1, 0.15) is 6.04 Å². The molecule has 0 spiro atoms. The number of nitrogens with one attached hydrogen (secondary N) is 1. The van der Waals surface area contributed by atoms with Gasteiger partial charge in [-0.2, -0.15) is 0 Å². The zero-order chi connectivity index (χ0) is 18.4. The first-order valence-corrected chi connectivity index (χ1v) is 8.43. The minimum atomic E-state index is -0.504. The molecule has 6 heteroatoms. The number of ether oxygens (including phenoxy) is 1. The van der Waals surface area contributed by atoms with Crippen molar-refractivity contribution >= 4 is 23.9 Å². The molecule has 0 aromatic heterocycles. The van der Waals surface area contributed by atoms with Crippen LogP contribution in [0.1, 0.15) is 42.6 Å². The molecule has 1 aliphatic rings. The van der Waals surface area contributed by atoms with Gasteiger partial charge in [-0.15, -0.1) is 0 Å². The van der Waals surface area contributed by atoms with Crippen LogP contribution in [-0.2, 0) is 14.3 Å². The molecule has 2 rings (SSSR count). The number of rotatable bonds is 5. The standard InChI is InChI=1S/C19H24N2O4/c1-13(2)25-19(24)16-5-4-12-21(16)17(22)11-8-14-6-9-15(10-7-14)18(23)20-3/h6-11,13,16H,4-5,12H2,1-3H3,(H,20,23)/b11-8-/t16-/m0/s1. The maximum absolute atomic E-state index is 12.4. The number of esters is 1. The molecule has 1 fully saturated rings. The van der Waals surface area contributed by atoms with Gasteiger partial charge < -0.3 is 15.0 Å². The fourth-order valence-corrected chi connectivity index (χ4v) is 2.74. The number of hydrogen-bond acceptors (Lipinski definition) is 4. The largest absolute Gasteiger partial charge is 0.461 e. The molecule has 0 unspecified atom stereocenters. The third-order valence-electron chi connectivity index (χ3n) is 3.98. The van der Waals surface area contributed by atoms with Gasteiger partial charge in [0.05, 0.1) is 6.10 Å². The van der Waals surface area contributed by atoms with Crippen LogP contribution in [0.15, 0.2) is 30.3 Å². The number of benzene rings is 1. The Bertz CT molecular complexity index is 665. The number of hydrogen-bond donors (Lipinski definition) is 1. The molecule has 134 valence electrons. The van der Waals surface area contributed by atoms with Crippen molar-refractivity contribution in [1.29, 1.82) is 0 Å². The predicted octanol–water partition coefficient (Wildman–Crippen LogP) is 2.00. The van der Waals surface area contributed by atoms with Crippen molar-refractivity contribution in [3.8, 4) is 0 Å². The highest BCUT2D eigenvalue weighted by Crippen LogP contribution is 2.20. The summed E-state index contributed by atoms with van der Waals surface area (Å²) < 4.78 is 5.23. The summed E-state index contributed by atoms with van der Waals surface area (Å²) in [6, 6.07) is 6.42. The summed E-state index contributed by atoms with van der Waals surface area (Å²) in [5, 5.41) is 2.56. The Balaban J connectivity index is 2.01. The first-order chi connectivity index (χ1) is 11.9. The van der Waals surface area contributed by atoms with E-state index in [0.29, 0.717) is 18.5 Å². The second-order valence-electron chi connectivity index (χ2n) is 6.21. The van der Waals surface area contributed by atoms with Crippen LogP contribution in [-0.4, -0.2) is 48.4 Å². The molecule has 2 amide bonds. The molecule has 0 radical (unpaired) electrons. The third kappa shape index (κ3) is 4.92. The first-order valence-electron chi connectivity index (χ1n) is 8.43. The van der Waals surface area contributed by atoms with Crippen molar-refractivity contribution in [2.45, 2.75) is 38.8 Å². The topological polar surface area (TPSA) is 75.7 Å². The van der Waals surface area contributed by atoms with E-state index >= 15 is 0 Å². The summed E-state index contributed by atoms with van der Waals surface area (Å²) in [4.78, 5) is 37.6. The van der Waals surface area contributed by atoms with Gasteiger partial charge in [0.15, 0.2) is 0 Å². The molecule has 0 aliphatic carbocycles. The summed E-state index contributed by atoms with van der Waals surface area (Å²) in [6.45, 7) is 4.14. The van der Waals surface area contributed by atoms with E-state index in [9.17, 15) is 14.4 Å². The fraction of sp³-hybridized carbons (Fsp3) is 0.421. The molecule has 1 saturated heterocycles. The van der Waals surface area contributed by atoms with E-state index in [0.717, 1.165) is 12.0 Å². The Hall–Kier alpha value is -2.63. The van der Waals surface area contributed by atoms with Gasteiger partial charge in [-0.1, -0.05) is 12.1 Å². The van der Waals surface area contributed by atoms with Crippen LogP contribution < -0.4 is 5.32 Å². The summed E-state index contributed by atoms with van der Waals surface area (Å²) in [5.74, 6) is -0.710. The molecule has 1 aromatic rings. The molecule has 6 nitrogen and oxygen atoms in total. The molecule has 1 heterocycles. The van der Waals surface area contributed by atoms with Gasteiger partial charge >= 0.3 is 5.97 Å². The van der Waals surface area contributed by atoms with Crippen LogP contribution in [0.3, 0.4) is 0 Å². The second kappa shape index (κ2) is 8.46. The minimum absolute atomic E-state index is 0.157. The average molecular weight is 344 g/mol. The number of carbonyl (C=O) groups is 3. The lowest BCUT2D eigenvalue weighted by atomic mass is 10.1. The molecule has 1 N–H and O–H groups in total. The molecule has 0 bridgehead atoms. The molecule has 1 atom stereocenters. The molecular formula is C19H24N2O4. The van der Waals surface area contributed by atoms with Crippen molar-refractivity contribution in [2.75, 3.05) is 13.6 Å². The highest BCUT2D eigenvalue weighted by Gasteiger charge is 2.34. The van der Waals surface area contributed by atoms with Gasteiger partial charge in [0.25, 0.3) is 5.91 Å². The van der Waals surface area contributed by atoms with E-state index in [2.05, 4.69) is 5.32 Å². The smallest absolute Gasteiger partial charge is 0.329 e. The fourth-order valence-electron chi connectivity index (χ4n) is 2.74. The molecule has 25 heavy (non-hydrogen) atoms. The van der Waals surface area contributed by atoms with Crippen LogP contribution in [0.2, 0.25) is 0 Å². The van der Waals surface area contributed by atoms with Crippen LogP contribution in [0.5, 0.6) is 0 Å². The molecular weight excluding hydrogens is 320 g/mol. The Labute approximate surface area is 147 Å². The average Bonchev–Trinajstić information content (AvgIpc) is 3.09. The summed E-state index contributed by atoms with van der Waals surface area (Å²) in [6.07, 6.45) is 4.36. The van der Waals surface area contributed by atoms with E-state index in [1.807, 2.05) is 0 Å². The van der Waals surface area contributed by atoms with E-state index in [1.54, 1.807) is 56.1 Å². The van der Waals surface area contributed by atoms with E-state index in [4.69, 9.17) is 4.74 Å². The van der Waals surface area contributed by atoms with Crippen molar-refractivity contribution in [3.05, 3.63) is 41.5 Å². The zero-order valence-corrected chi connectivity index (χ0v) is 14.8. The van der Waals surface area contributed by atoms with E-state index in [1.165, 1.54) is 6.08 Å². The lowest BCUT2D eigenvalue weighted by Crippen LogP contribution is -2.41. The highest BCUT2D eigenvalue weighted by atomic mass is 16.5. The number of nitrogens with zero attached hydrogens (tertiary/aromatic N) is 1. The van der Waals surface area contributed by atoms with E-state index in [-0.39, 0.29) is 23.9 Å². The summed E-state index contributed by atoms with van der Waals surface area (Å²) >= 11 is 0. The van der Waals surface area contributed by atoms with Gasteiger partial charge in [0.2, 0.25) is 5.91 Å². The minimum Gasteiger partial charge on any atom is -0.461 e. The van der Waals surface area contributed by atoms with Crippen molar-refractivity contribution in [3.63, 3.8) is 0 Å². The Morgan fingerprint density at radius 2 is 1.92 bits per heavy atom. The van der Waals surface area contributed by atoms with Crippen LogP contribution >= 0.6 is 0 Å².